The topological polar surface area (TPSA) is 38.0 Å². The molecule has 2 heteroatoms. The highest BCUT2D eigenvalue weighted by molar-refractivity contribution is 5.34. The first-order chi connectivity index (χ1) is 10.4. The summed E-state index contributed by atoms with van der Waals surface area (Å²) in [5.41, 5.74) is 8.64. The van der Waals surface area contributed by atoms with Gasteiger partial charge in [0.1, 0.15) is 0 Å². The van der Waals surface area contributed by atoms with Gasteiger partial charge in [-0.2, -0.15) is 0 Å². The van der Waals surface area contributed by atoms with Crippen LogP contribution in [-0.2, 0) is 0 Å². The Labute approximate surface area is 127 Å². The number of nitrogens with two attached hydrogens (primary N) is 1. The lowest BCUT2D eigenvalue weighted by Crippen LogP contribution is -2.41. The maximum Gasteiger partial charge on any atom is 0.0299 e. The second kappa shape index (κ2) is 8.40. The third kappa shape index (κ3) is 4.28. The summed E-state index contributed by atoms with van der Waals surface area (Å²) in [5, 5.41) is 3.57. The molecule has 3 N–H and O–H groups in total. The lowest BCUT2D eigenvalue weighted by molar-refractivity contribution is 0.478. The Kier molecular flexibility index (Phi) is 6.20. The maximum atomic E-state index is 6.04. The zero-order valence-electron chi connectivity index (χ0n) is 12.4. The minimum atomic E-state index is 0.217. The number of rotatable bonds is 8. The molecule has 2 aromatic carbocycles. The van der Waals surface area contributed by atoms with Crippen molar-refractivity contribution in [1.29, 1.82) is 0 Å². The first-order valence-corrected chi connectivity index (χ1v) is 7.51. The molecule has 0 bridgehead atoms. The average Bonchev–Trinajstić information content (AvgIpc) is 2.56. The van der Waals surface area contributed by atoms with E-state index in [1.54, 1.807) is 0 Å². The zero-order chi connectivity index (χ0) is 14.9. The first kappa shape index (κ1) is 15.5. The summed E-state index contributed by atoms with van der Waals surface area (Å²) in [5.74, 6) is 0.266. The van der Waals surface area contributed by atoms with Crippen LogP contribution in [-0.4, -0.2) is 19.1 Å². The van der Waals surface area contributed by atoms with Gasteiger partial charge in [-0.15, -0.1) is 6.58 Å². The van der Waals surface area contributed by atoms with Crippen molar-refractivity contribution in [3.05, 3.63) is 84.4 Å². The molecule has 0 saturated carbocycles. The lowest BCUT2D eigenvalue weighted by atomic mass is 9.85. The normalized spacial score (nSPS) is 12.3. The van der Waals surface area contributed by atoms with Gasteiger partial charge in [-0.25, -0.2) is 0 Å². The Morgan fingerprint density at radius 1 is 0.952 bits per heavy atom. The van der Waals surface area contributed by atoms with Gasteiger partial charge in [0, 0.05) is 18.5 Å². The smallest absolute Gasteiger partial charge is 0.0299 e. The molecule has 0 aliphatic carbocycles. The van der Waals surface area contributed by atoms with E-state index in [1.165, 1.54) is 11.1 Å². The molecule has 2 aromatic rings. The lowest BCUT2D eigenvalue weighted by Gasteiger charge is -2.28. The molecule has 0 radical (unpaired) electrons. The summed E-state index contributed by atoms with van der Waals surface area (Å²) in [7, 11) is 0. The van der Waals surface area contributed by atoms with Crippen LogP contribution in [0, 0.1) is 0 Å². The predicted octanol–water partition coefficient (Wildman–Crippen LogP) is 3.31. The van der Waals surface area contributed by atoms with E-state index in [9.17, 15) is 0 Å². The Bertz CT molecular complexity index is 482. The quantitative estimate of drug-likeness (QED) is 0.575. The van der Waals surface area contributed by atoms with Gasteiger partial charge in [0.15, 0.2) is 0 Å². The van der Waals surface area contributed by atoms with Crippen LogP contribution in [0.3, 0.4) is 0 Å². The minimum absolute atomic E-state index is 0.217. The summed E-state index contributed by atoms with van der Waals surface area (Å²) < 4.78 is 0. The maximum absolute atomic E-state index is 6.04. The molecule has 0 saturated heterocycles. The largest absolute Gasteiger partial charge is 0.329 e. The molecule has 1 unspecified atom stereocenters. The second-order valence-corrected chi connectivity index (χ2v) is 5.17. The van der Waals surface area contributed by atoms with E-state index in [1.807, 2.05) is 18.2 Å². The molecule has 21 heavy (non-hydrogen) atoms. The fourth-order valence-electron chi connectivity index (χ4n) is 2.69. The average molecular weight is 280 g/mol. The SMILES string of the molecule is C=CCCNC(CN)C(c1ccccc1)c1ccccc1. The second-order valence-electron chi connectivity index (χ2n) is 5.17. The van der Waals surface area contributed by atoms with Gasteiger partial charge in [0.2, 0.25) is 0 Å². The number of nitrogens with one attached hydrogen (secondary N) is 1. The van der Waals surface area contributed by atoms with Gasteiger partial charge in [-0.3, -0.25) is 0 Å². The molecule has 0 aliphatic rings. The van der Waals surface area contributed by atoms with Crippen LogP contribution < -0.4 is 11.1 Å². The summed E-state index contributed by atoms with van der Waals surface area (Å²) in [6.07, 6.45) is 2.88. The molecule has 0 spiro atoms. The van der Waals surface area contributed by atoms with E-state index in [2.05, 4.69) is 60.4 Å². The molecule has 1 atom stereocenters. The van der Waals surface area contributed by atoms with Crippen LogP contribution in [0.1, 0.15) is 23.5 Å². The summed E-state index contributed by atoms with van der Waals surface area (Å²) in [6.45, 7) is 5.28. The standard InChI is InChI=1S/C19H24N2/c1-2-3-14-21-18(15-20)19(16-10-6-4-7-11-16)17-12-8-5-9-13-17/h2,4-13,18-19,21H,1,3,14-15,20H2. The van der Waals surface area contributed by atoms with Gasteiger partial charge in [-0.05, 0) is 24.1 Å². The van der Waals surface area contributed by atoms with Crippen LogP contribution >= 0.6 is 0 Å². The van der Waals surface area contributed by atoms with Gasteiger partial charge >= 0.3 is 0 Å². The number of hydrogen-bond donors (Lipinski definition) is 2. The molecular weight excluding hydrogens is 256 g/mol. The van der Waals surface area contributed by atoms with E-state index in [0.29, 0.717) is 6.54 Å². The Morgan fingerprint density at radius 2 is 1.48 bits per heavy atom. The Hall–Kier alpha value is -1.90. The molecule has 0 fully saturated rings. The fraction of sp³-hybridized carbons (Fsp3) is 0.263. The van der Waals surface area contributed by atoms with E-state index >= 15 is 0 Å². The van der Waals surface area contributed by atoms with Crippen molar-refractivity contribution in [1.82, 2.24) is 5.32 Å². The van der Waals surface area contributed by atoms with Gasteiger partial charge in [0.25, 0.3) is 0 Å². The molecular formula is C19H24N2. The molecule has 2 nitrogen and oxygen atoms in total. The zero-order valence-corrected chi connectivity index (χ0v) is 12.4. The van der Waals surface area contributed by atoms with E-state index in [4.69, 9.17) is 5.73 Å². The monoisotopic (exact) mass is 280 g/mol. The van der Waals surface area contributed by atoms with Crippen molar-refractivity contribution in [2.75, 3.05) is 13.1 Å². The number of benzene rings is 2. The van der Waals surface area contributed by atoms with Crippen molar-refractivity contribution in [3.8, 4) is 0 Å². The highest BCUT2D eigenvalue weighted by Gasteiger charge is 2.23. The molecule has 0 aromatic heterocycles. The molecule has 0 heterocycles. The van der Waals surface area contributed by atoms with Crippen molar-refractivity contribution < 1.29 is 0 Å². The van der Waals surface area contributed by atoms with Crippen LogP contribution in [0.4, 0.5) is 0 Å². The fourth-order valence-corrected chi connectivity index (χ4v) is 2.69. The third-order valence-electron chi connectivity index (χ3n) is 3.73. The van der Waals surface area contributed by atoms with Crippen LogP contribution in [0.2, 0.25) is 0 Å². The highest BCUT2D eigenvalue weighted by atomic mass is 14.9. The van der Waals surface area contributed by atoms with Crippen molar-refractivity contribution in [2.45, 2.75) is 18.4 Å². The van der Waals surface area contributed by atoms with Gasteiger partial charge in [0.05, 0.1) is 0 Å². The molecule has 0 amide bonds. The summed E-state index contributed by atoms with van der Waals surface area (Å²) in [4.78, 5) is 0. The first-order valence-electron chi connectivity index (χ1n) is 7.51. The van der Waals surface area contributed by atoms with E-state index in [0.717, 1.165) is 13.0 Å². The number of hydrogen-bond acceptors (Lipinski definition) is 2. The molecule has 2 rings (SSSR count). The third-order valence-corrected chi connectivity index (χ3v) is 3.73. The van der Waals surface area contributed by atoms with Crippen LogP contribution in [0.15, 0.2) is 73.3 Å². The molecule has 0 aliphatic heterocycles. The van der Waals surface area contributed by atoms with Crippen molar-refractivity contribution in [3.63, 3.8) is 0 Å². The van der Waals surface area contributed by atoms with Gasteiger partial charge in [-0.1, -0.05) is 66.7 Å². The summed E-state index contributed by atoms with van der Waals surface area (Å²) in [6, 6.07) is 21.4. The Morgan fingerprint density at radius 3 is 1.90 bits per heavy atom. The van der Waals surface area contributed by atoms with E-state index in [-0.39, 0.29) is 12.0 Å². The minimum Gasteiger partial charge on any atom is -0.329 e. The van der Waals surface area contributed by atoms with Crippen LogP contribution in [0.5, 0.6) is 0 Å². The Balaban J connectivity index is 2.28. The van der Waals surface area contributed by atoms with Crippen molar-refractivity contribution >= 4 is 0 Å². The van der Waals surface area contributed by atoms with E-state index < -0.39 is 0 Å². The van der Waals surface area contributed by atoms with Crippen LogP contribution in [0.25, 0.3) is 0 Å². The highest BCUT2D eigenvalue weighted by Crippen LogP contribution is 2.27. The van der Waals surface area contributed by atoms with Crippen molar-refractivity contribution in [2.24, 2.45) is 5.73 Å². The molecule has 110 valence electrons. The summed E-state index contributed by atoms with van der Waals surface area (Å²) >= 11 is 0. The predicted molar refractivity (Wildman–Crippen MR) is 90.4 cm³/mol. The van der Waals surface area contributed by atoms with Gasteiger partial charge < -0.3 is 11.1 Å².